The van der Waals surface area contributed by atoms with E-state index in [1.807, 2.05) is 0 Å². The lowest BCUT2D eigenvalue weighted by atomic mass is 10.2. The third-order valence-electron chi connectivity index (χ3n) is 4.86. The zero-order chi connectivity index (χ0) is 19.4. The molecule has 9 nitrogen and oxygen atoms in total. The molecule has 3 heterocycles. The van der Waals surface area contributed by atoms with Gasteiger partial charge in [-0.3, -0.25) is 9.59 Å². The molecule has 2 saturated heterocycles. The van der Waals surface area contributed by atoms with Crippen LogP contribution in [0.5, 0.6) is 0 Å². The Labute approximate surface area is 158 Å². The number of ether oxygens (including phenoxy) is 1. The number of hydrogen-bond acceptors (Lipinski definition) is 6. The number of piperazine rings is 1. The Kier molecular flexibility index (Phi) is 6.18. The molecule has 2 aliphatic heterocycles. The summed E-state index contributed by atoms with van der Waals surface area (Å²) in [5, 5.41) is 0. The summed E-state index contributed by atoms with van der Waals surface area (Å²) in [5.41, 5.74) is 0. The van der Waals surface area contributed by atoms with Crippen LogP contribution in [0.2, 0.25) is 0 Å². The fraction of sp³-hybridized carbons (Fsp3) is 0.647. The monoisotopic (exact) mass is 399 g/mol. The Morgan fingerprint density at radius 1 is 1.22 bits per heavy atom. The zero-order valence-electron chi connectivity index (χ0n) is 15.4. The highest BCUT2D eigenvalue weighted by atomic mass is 32.2. The molecule has 1 unspecified atom stereocenters. The van der Waals surface area contributed by atoms with Gasteiger partial charge in [0.2, 0.25) is 15.9 Å². The Hall–Kier alpha value is -1.91. The van der Waals surface area contributed by atoms with Crippen molar-refractivity contribution in [2.24, 2.45) is 0 Å². The van der Waals surface area contributed by atoms with Gasteiger partial charge in [0, 0.05) is 39.3 Å². The minimum absolute atomic E-state index is 0.157. The predicted molar refractivity (Wildman–Crippen MR) is 96.6 cm³/mol. The van der Waals surface area contributed by atoms with Gasteiger partial charge in [0.1, 0.15) is 0 Å². The van der Waals surface area contributed by atoms with Crippen LogP contribution in [0.1, 0.15) is 23.4 Å². The zero-order valence-corrected chi connectivity index (χ0v) is 16.2. The summed E-state index contributed by atoms with van der Waals surface area (Å²) in [5.74, 6) is -0.193. The Balaban J connectivity index is 1.53. The largest absolute Gasteiger partial charge is 0.459 e. The van der Waals surface area contributed by atoms with Gasteiger partial charge in [0.15, 0.2) is 5.76 Å². The number of nitrogens with zero attached hydrogens (tertiary/aromatic N) is 3. The molecule has 0 saturated carbocycles. The van der Waals surface area contributed by atoms with E-state index in [4.69, 9.17) is 9.15 Å². The molecule has 1 atom stereocenters. The van der Waals surface area contributed by atoms with Crippen molar-refractivity contribution in [1.29, 1.82) is 0 Å². The standard InChI is InChI=1S/C17H25N3O6S/c1-27(23,24)20(12-14-4-2-10-25-14)13-16(21)18-6-8-19(9-7-18)17(22)15-5-3-11-26-15/h3,5,11,14H,2,4,6-10,12-13H2,1H3. The first-order valence-electron chi connectivity index (χ1n) is 9.02. The molecule has 27 heavy (non-hydrogen) atoms. The van der Waals surface area contributed by atoms with Gasteiger partial charge < -0.3 is 19.0 Å². The van der Waals surface area contributed by atoms with E-state index in [2.05, 4.69) is 0 Å². The number of amides is 2. The summed E-state index contributed by atoms with van der Waals surface area (Å²) in [4.78, 5) is 28.1. The molecule has 1 aromatic rings. The maximum Gasteiger partial charge on any atom is 0.289 e. The quantitative estimate of drug-likeness (QED) is 0.668. The van der Waals surface area contributed by atoms with Crippen molar-refractivity contribution in [2.75, 3.05) is 52.1 Å². The second-order valence-electron chi connectivity index (χ2n) is 6.84. The van der Waals surface area contributed by atoms with E-state index in [1.165, 1.54) is 10.6 Å². The summed E-state index contributed by atoms with van der Waals surface area (Å²) in [6.07, 6.45) is 4.10. The summed E-state index contributed by atoms with van der Waals surface area (Å²) in [6.45, 7) is 2.12. The molecule has 150 valence electrons. The van der Waals surface area contributed by atoms with Crippen LogP contribution >= 0.6 is 0 Å². The van der Waals surface area contributed by atoms with Gasteiger partial charge in [-0.05, 0) is 25.0 Å². The van der Waals surface area contributed by atoms with Crippen molar-refractivity contribution >= 4 is 21.8 Å². The van der Waals surface area contributed by atoms with Crippen molar-refractivity contribution in [1.82, 2.24) is 14.1 Å². The van der Waals surface area contributed by atoms with E-state index < -0.39 is 10.0 Å². The maximum atomic E-state index is 12.6. The average Bonchev–Trinajstić information content (AvgIpc) is 3.33. The summed E-state index contributed by atoms with van der Waals surface area (Å²) in [7, 11) is -3.51. The van der Waals surface area contributed by atoms with E-state index in [9.17, 15) is 18.0 Å². The molecule has 10 heteroatoms. The van der Waals surface area contributed by atoms with Crippen molar-refractivity contribution in [3.8, 4) is 0 Å². The molecule has 0 aromatic carbocycles. The number of carbonyl (C=O) groups is 2. The van der Waals surface area contributed by atoms with Gasteiger partial charge >= 0.3 is 0 Å². The second kappa shape index (κ2) is 8.41. The average molecular weight is 399 g/mol. The van der Waals surface area contributed by atoms with Crippen molar-refractivity contribution in [3.05, 3.63) is 24.2 Å². The Morgan fingerprint density at radius 3 is 2.48 bits per heavy atom. The predicted octanol–water partition coefficient (Wildman–Crippen LogP) is 0.00460. The van der Waals surface area contributed by atoms with Gasteiger partial charge in [-0.1, -0.05) is 0 Å². The first kappa shape index (κ1) is 19.8. The molecule has 2 amide bonds. The van der Waals surface area contributed by atoms with E-state index in [-0.39, 0.29) is 36.8 Å². The summed E-state index contributed by atoms with van der Waals surface area (Å²) >= 11 is 0. The van der Waals surface area contributed by atoms with E-state index in [0.29, 0.717) is 32.8 Å². The number of hydrogen-bond donors (Lipinski definition) is 0. The van der Waals surface area contributed by atoms with Gasteiger partial charge in [0.05, 0.1) is 25.2 Å². The Morgan fingerprint density at radius 2 is 1.93 bits per heavy atom. The van der Waals surface area contributed by atoms with Crippen LogP contribution in [-0.4, -0.2) is 92.6 Å². The van der Waals surface area contributed by atoms with Gasteiger partial charge in [-0.15, -0.1) is 0 Å². The number of sulfonamides is 1. The van der Waals surface area contributed by atoms with Crippen LogP contribution in [0.4, 0.5) is 0 Å². The highest BCUT2D eigenvalue weighted by Gasteiger charge is 2.30. The lowest BCUT2D eigenvalue weighted by molar-refractivity contribution is -0.133. The first-order valence-corrected chi connectivity index (χ1v) is 10.9. The van der Waals surface area contributed by atoms with Gasteiger partial charge in [-0.2, -0.15) is 4.31 Å². The number of furan rings is 1. The van der Waals surface area contributed by atoms with Crippen LogP contribution in [0.25, 0.3) is 0 Å². The molecule has 0 bridgehead atoms. The van der Waals surface area contributed by atoms with Gasteiger partial charge in [0.25, 0.3) is 5.91 Å². The number of carbonyl (C=O) groups excluding carboxylic acids is 2. The fourth-order valence-corrected chi connectivity index (χ4v) is 4.08. The second-order valence-corrected chi connectivity index (χ2v) is 8.82. The van der Waals surface area contributed by atoms with E-state index in [1.54, 1.807) is 21.9 Å². The van der Waals surface area contributed by atoms with Crippen LogP contribution in [0.15, 0.2) is 22.8 Å². The van der Waals surface area contributed by atoms with Crippen LogP contribution in [0.3, 0.4) is 0 Å². The van der Waals surface area contributed by atoms with Crippen LogP contribution in [-0.2, 0) is 19.6 Å². The normalized spacial score (nSPS) is 21.0. The molecule has 0 radical (unpaired) electrons. The first-order chi connectivity index (χ1) is 12.8. The van der Waals surface area contributed by atoms with Crippen molar-refractivity contribution in [2.45, 2.75) is 18.9 Å². The highest BCUT2D eigenvalue weighted by Crippen LogP contribution is 2.16. The molecule has 2 fully saturated rings. The third-order valence-corrected chi connectivity index (χ3v) is 6.08. The van der Waals surface area contributed by atoms with Crippen LogP contribution < -0.4 is 0 Å². The van der Waals surface area contributed by atoms with Crippen molar-refractivity contribution < 1.29 is 27.2 Å². The topological polar surface area (TPSA) is 100 Å². The molecular weight excluding hydrogens is 374 g/mol. The van der Waals surface area contributed by atoms with Crippen LogP contribution in [0, 0.1) is 0 Å². The van der Waals surface area contributed by atoms with E-state index >= 15 is 0 Å². The minimum Gasteiger partial charge on any atom is -0.459 e. The highest BCUT2D eigenvalue weighted by molar-refractivity contribution is 7.88. The van der Waals surface area contributed by atoms with Gasteiger partial charge in [-0.25, -0.2) is 8.42 Å². The Bertz CT molecular complexity index is 750. The molecule has 3 rings (SSSR count). The smallest absolute Gasteiger partial charge is 0.289 e. The van der Waals surface area contributed by atoms with E-state index in [0.717, 1.165) is 19.1 Å². The molecule has 0 aliphatic carbocycles. The summed E-state index contributed by atoms with van der Waals surface area (Å²) < 4.78 is 35.9. The lowest BCUT2D eigenvalue weighted by Gasteiger charge is -2.35. The minimum atomic E-state index is -3.51. The van der Waals surface area contributed by atoms with Crippen molar-refractivity contribution in [3.63, 3.8) is 0 Å². The molecule has 1 aromatic heterocycles. The molecular formula is C17H25N3O6S. The maximum absolute atomic E-state index is 12.6. The number of rotatable bonds is 6. The molecule has 2 aliphatic rings. The third kappa shape index (κ3) is 5.08. The molecule has 0 N–H and O–H groups in total. The SMILES string of the molecule is CS(=O)(=O)N(CC(=O)N1CCN(C(=O)c2ccco2)CC1)CC1CCCO1. The fourth-order valence-electron chi connectivity index (χ4n) is 3.30. The molecule has 0 spiro atoms. The lowest BCUT2D eigenvalue weighted by Crippen LogP contribution is -2.53. The summed E-state index contributed by atoms with van der Waals surface area (Å²) in [6, 6.07) is 3.26.